The van der Waals surface area contributed by atoms with Gasteiger partial charge in [-0.25, -0.2) is 4.39 Å². The maximum Gasteiger partial charge on any atom is 0.260 e. The Morgan fingerprint density at radius 2 is 2.00 bits per heavy atom. The van der Waals surface area contributed by atoms with Crippen molar-refractivity contribution >= 4 is 21.6 Å². The first-order chi connectivity index (χ1) is 10.1. The molecule has 6 heteroatoms. The van der Waals surface area contributed by atoms with Crippen LogP contribution in [0.3, 0.4) is 0 Å². The van der Waals surface area contributed by atoms with Crippen LogP contribution in [0.25, 0.3) is 22.8 Å². The third kappa shape index (κ3) is 2.54. The fraction of sp³-hybridized carbons (Fsp3) is 0.0667. The van der Waals surface area contributed by atoms with Crippen LogP contribution in [0, 0.1) is 12.7 Å². The molecule has 1 heterocycles. The Labute approximate surface area is 128 Å². The highest BCUT2D eigenvalue weighted by molar-refractivity contribution is 9.10. The Balaban J connectivity index is 2.08. The number of nitrogen functional groups attached to an aromatic ring is 1. The van der Waals surface area contributed by atoms with E-state index >= 15 is 0 Å². The molecule has 0 aliphatic rings. The van der Waals surface area contributed by atoms with Gasteiger partial charge < -0.3 is 10.3 Å². The molecule has 0 saturated carbocycles. The lowest BCUT2D eigenvalue weighted by Crippen LogP contribution is -1.93. The first-order valence-electron chi connectivity index (χ1n) is 6.21. The van der Waals surface area contributed by atoms with Crippen LogP contribution in [0.15, 0.2) is 45.4 Å². The van der Waals surface area contributed by atoms with E-state index in [0.29, 0.717) is 33.0 Å². The lowest BCUT2D eigenvalue weighted by Gasteiger charge is -2.03. The summed E-state index contributed by atoms with van der Waals surface area (Å²) in [5.74, 6) is 0.245. The van der Waals surface area contributed by atoms with E-state index in [1.807, 2.05) is 19.1 Å². The monoisotopic (exact) mass is 347 g/mol. The molecular weight excluding hydrogens is 337 g/mol. The number of nitrogens with two attached hydrogens (primary N) is 1. The highest BCUT2D eigenvalue weighted by atomic mass is 79.9. The molecule has 0 radical (unpaired) electrons. The maximum atomic E-state index is 13.4. The molecule has 1 aromatic heterocycles. The predicted octanol–water partition coefficient (Wildman–Crippen LogP) is 4.20. The molecule has 106 valence electrons. The third-order valence-electron chi connectivity index (χ3n) is 3.15. The Bertz CT molecular complexity index is 800. The first kappa shape index (κ1) is 13.8. The zero-order chi connectivity index (χ0) is 15.0. The Kier molecular flexibility index (Phi) is 3.47. The van der Waals surface area contributed by atoms with Gasteiger partial charge in [-0.3, -0.25) is 0 Å². The molecule has 0 saturated heterocycles. The van der Waals surface area contributed by atoms with Crippen LogP contribution in [0.2, 0.25) is 0 Å². The molecule has 2 N–H and O–H groups in total. The number of aromatic nitrogens is 2. The van der Waals surface area contributed by atoms with Crippen LogP contribution < -0.4 is 5.73 Å². The molecule has 3 aromatic rings. The van der Waals surface area contributed by atoms with E-state index in [1.165, 1.54) is 12.1 Å². The van der Waals surface area contributed by atoms with Crippen LogP contribution in [-0.2, 0) is 0 Å². The summed E-state index contributed by atoms with van der Waals surface area (Å²) < 4.78 is 19.3. The van der Waals surface area contributed by atoms with Crippen molar-refractivity contribution in [2.24, 2.45) is 0 Å². The van der Waals surface area contributed by atoms with Gasteiger partial charge in [-0.1, -0.05) is 33.2 Å². The summed E-state index contributed by atoms with van der Waals surface area (Å²) in [6.45, 7) is 1.90. The molecule has 21 heavy (non-hydrogen) atoms. The van der Waals surface area contributed by atoms with Crippen molar-refractivity contribution in [3.8, 4) is 22.8 Å². The summed E-state index contributed by atoms with van der Waals surface area (Å²) in [5, 5.41) is 3.90. The quantitative estimate of drug-likeness (QED) is 0.705. The minimum atomic E-state index is -0.366. The van der Waals surface area contributed by atoms with Gasteiger partial charge >= 0.3 is 0 Å². The van der Waals surface area contributed by atoms with Crippen LogP contribution in [-0.4, -0.2) is 10.1 Å². The average Bonchev–Trinajstić information content (AvgIpc) is 2.94. The molecule has 2 aromatic carbocycles. The maximum absolute atomic E-state index is 13.4. The molecule has 0 aliphatic heterocycles. The van der Waals surface area contributed by atoms with E-state index in [4.69, 9.17) is 10.3 Å². The Hall–Kier alpha value is -2.21. The summed E-state index contributed by atoms with van der Waals surface area (Å²) in [6.07, 6.45) is 0. The second-order valence-corrected chi connectivity index (χ2v) is 5.44. The van der Waals surface area contributed by atoms with E-state index in [-0.39, 0.29) is 5.82 Å². The number of para-hydroxylation sites is 1. The number of hydrogen-bond acceptors (Lipinski definition) is 4. The smallest absolute Gasteiger partial charge is 0.260 e. The van der Waals surface area contributed by atoms with Gasteiger partial charge in [-0.15, -0.1) is 0 Å². The topological polar surface area (TPSA) is 64.9 Å². The molecule has 0 fully saturated rings. The summed E-state index contributed by atoms with van der Waals surface area (Å²) >= 11 is 3.35. The Morgan fingerprint density at radius 3 is 2.81 bits per heavy atom. The molecule has 4 nitrogen and oxygen atoms in total. The lowest BCUT2D eigenvalue weighted by molar-refractivity contribution is 0.432. The average molecular weight is 348 g/mol. The number of halogens is 2. The highest BCUT2D eigenvalue weighted by Gasteiger charge is 2.16. The van der Waals surface area contributed by atoms with Crippen molar-refractivity contribution in [3.05, 3.63) is 52.3 Å². The van der Waals surface area contributed by atoms with Gasteiger partial charge in [-0.2, -0.15) is 4.98 Å². The molecule has 0 amide bonds. The SMILES string of the molecule is Cc1cccc(-c2nc(-c3cc(F)ccc3Br)no2)c1N. The van der Waals surface area contributed by atoms with Gasteiger partial charge in [-0.05, 0) is 36.8 Å². The van der Waals surface area contributed by atoms with E-state index < -0.39 is 0 Å². The number of anilines is 1. The molecule has 3 rings (SSSR count). The first-order valence-corrected chi connectivity index (χ1v) is 7.00. The van der Waals surface area contributed by atoms with Gasteiger partial charge in [0, 0.05) is 15.7 Å². The fourth-order valence-electron chi connectivity index (χ4n) is 1.98. The van der Waals surface area contributed by atoms with Crippen LogP contribution in [0.4, 0.5) is 10.1 Å². The zero-order valence-electron chi connectivity index (χ0n) is 11.1. The number of aryl methyl sites for hydroxylation is 1. The minimum absolute atomic E-state index is 0.303. The van der Waals surface area contributed by atoms with Crippen molar-refractivity contribution in [1.29, 1.82) is 0 Å². The van der Waals surface area contributed by atoms with E-state index in [1.54, 1.807) is 12.1 Å². The zero-order valence-corrected chi connectivity index (χ0v) is 12.7. The lowest BCUT2D eigenvalue weighted by atomic mass is 10.1. The summed E-state index contributed by atoms with van der Waals surface area (Å²) in [7, 11) is 0. The van der Waals surface area contributed by atoms with Crippen molar-refractivity contribution < 1.29 is 8.91 Å². The normalized spacial score (nSPS) is 10.8. The number of benzene rings is 2. The van der Waals surface area contributed by atoms with Gasteiger partial charge in [0.05, 0.1) is 5.56 Å². The Morgan fingerprint density at radius 1 is 1.19 bits per heavy atom. The standard InChI is InChI=1S/C15H11BrFN3O/c1-8-3-2-4-10(13(8)18)15-19-14(20-21-15)11-7-9(17)5-6-12(11)16/h2-7H,18H2,1H3. The van der Waals surface area contributed by atoms with E-state index in [0.717, 1.165) is 5.56 Å². The number of nitrogens with zero attached hydrogens (tertiary/aromatic N) is 2. The molecule has 0 bridgehead atoms. The fourth-order valence-corrected chi connectivity index (χ4v) is 2.40. The van der Waals surface area contributed by atoms with Gasteiger partial charge in [0.25, 0.3) is 5.89 Å². The van der Waals surface area contributed by atoms with Crippen LogP contribution >= 0.6 is 15.9 Å². The van der Waals surface area contributed by atoms with Crippen molar-refractivity contribution in [3.63, 3.8) is 0 Å². The molecule has 0 atom stereocenters. The van der Waals surface area contributed by atoms with Crippen molar-refractivity contribution in [2.75, 3.05) is 5.73 Å². The molecule has 0 unspecified atom stereocenters. The third-order valence-corrected chi connectivity index (χ3v) is 3.84. The van der Waals surface area contributed by atoms with E-state index in [2.05, 4.69) is 26.1 Å². The second kappa shape index (κ2) is 5.29. The van der Waals surface area contributed by atoms with Crippen molar-refractivity contribution in [1.82, 2.24) is 10.1 Å². The largest absolute Gasteiger partial charge is 0.398 e. The molecular formula is C15H11BrFN3O. The van der Waals surface area contributed by atoms with Gasteiger partial charge in [0.15, 0.2) is 0 Å². The predicted molar refractivity (Wildman–Crippen MR) is 82.0 cm³/mol. The van der Waals surface area contributed by atoms with E-state index in [9.17, 15) is 4.39 Å². The summed E-state index contributed by atoms with van der Waals surface area (Å²) in [4.78, 5) is 4.30. The highest BCUT2D eigenvalue weighted by Crippen LogP contribution is 2.31. The van der Waals surface area contributed by atoms with Crippen molar-refractivity contribution in [2.45, 2.75) is 6.92 Å². The van der Waals surface area contributed by atoms with Crippen LogP contribution in [0.5, 0.6) is 0 Å². The summed E-state index contributed by atoms with van der Waals surface area (Å²) in [5.41, 5.74) is 8.73. The van der Waals surface area contributed by atoms with Crippen LogP contribution in [0.1, 0.15) is 5.56 Å². The summed E-state index contributed by atoms with van der Waals surface area (Å²) in [6, 6.07) is 9.87. The number of rotatable bonds is 2. The van der Waals surface area contributed by atoms with Gasteiger partial charge in [0.1, 0.15) is 5.82 Å². The minimum Gasteiger partial charge on any atom is -0.398 e. The number of hydrogen-bond donors (Lipinski definition) is 1. The molecule has 0 spiro atoms. The molecule has 0 aliphatic carbocycles. The second-order valence-electron chi connectivity index (χ2n) is 4.58. The van der Waals surface area contributed by atoms with Gasteiger partial charge in [0.2, 0.25) is 5.82 Å².